The average Bonchev–Trinajstić information content (AvgIpc) is 2.55. The Kier molecular flexibility index (Phi) is 6.32. The van der Waals surface area contributed by atoms with Gasteiger partial charge in [0, 0.05) is 12.1 Å². The summed E-state index contributed by atoms with van der Waals surface area (Å²) in [5.74, 6) is 0.290. The molecule has 0 aromatic heterocycles. The Balaban J connectivity index is 2.02. The number of carbonyl (C=O) groups excluding carboxylic acids is 1. The number of nitrogens with one attached hydrogen (secondary N) is 1. The van der Waals surface area contributed by atoms with Crippen LogP contribution in [0, 0.1) is 5.82 Å². The van der Waals surface area contributed by atoms with Crippen LogP contribution in [0.1, 0.15) is 28.9 Å². The SMILES string of the molecule is CCOc1ccc(C(=O)NCC(c2cccc(F)c2)N(C)C)cc1. The van der Waals surface area contributed by atoms with Crippen LogP contribution >= 0.6 is 0 Å². The molecule has 4 nitrogen and oxygen atoms in total. The minimum atomic E-state index is -0.280. The van der Waals surface area contributed by atoms with Crippen molar-refractivity contribution in [2.24, 2.45) is 0 Å². The van der Waals surface area contributed by atoms with Gasteiger partial charge in [0.15, 0.2) is 0 Å². The van der Waals surface area contributed by atoms with E-state index in [9.17, 15) is 9.18 Å². The number of rotatable bonds is 7. The highest BCUT2D eigenvalue weighted by atomic mass is 19.1. The van der Waals surface area contributed by atoms with Crippen LogP contribution in [0.2, 0.25) is 0 Å². The molecule has 2 aromatic rings. The smallest absolute Gasteiger partial charge is 0.251 e. The van der Waals surface area contributed by atoms with E-state index in [1.165, 1.54) is 12.1 Å². The van der Waals surface area contributed by atoms with Gasteiger partial charge in [-0.25, -0.2) is 4.39 Å². The van der Waals surface area contributed by atoms with Gasteiger partial charge in [0.1, 0.15) is 11.6 Å². The van der Waals surface area contributed by atoms with Crippen molar-refractivity contribution in [1.82, 2.24) is 10.2 Å². The third-order valence-electron chi connectivity index (χ3n) is 3.74. The van der Waals surface area contributed by atoms with Crippen molar-refractivity contribution in [1.29, 1.82) is 0 Å². The lowest BCUT2D eigenvalue weighted by Gasteiger charge is -2.25. The fraction of sp³-hybridized carbons (Fsp3) is 0.316. The Hall–Kier alpha value is -2.40. The number of likely N-dealkylation sites (N-methyl/N-ethyl adjacent to an activating group) is 1. The molecule has 2 aromatic carbocycles. The number of nitrogens with zero attached hydrogens (tertiary/aromatic N) is 1. The summed E-state index contributed by atoms with van der Waals surface area (Å²) in [6.45, 7) is 2.89. The predicted molar refractivity (Wildman–Crippen MR) is 92.8 cm³/mol. The highest BCUT2D eigenvalue weighted by Crippen LogP contribution is 2.18. The Bertz CT molecular complexity index is 671. The third-order valence-corrected chi connectivity index (χ3v) is 3.74. The number of benzene rings is 2. The molecule has 0 aliphatic rings. The third kappa shape index (κ3) is 4.80. The Morgan fingerprint density at radius 1 is 1.21 bits per heavy atom. The Labute approximate surface area is 142 Å². The number of hydrogen-bond acceptors (Lipinski definition) is 3. The molecular weight excluding hydrogens is 307 g/mol. The maximum absolute atomic E-state index is 13.4. The van der Waals surface area contributed by atoms with Crippen molar-refractivity contribution >= 4 is 5.91 Å². The second-order valence-corrected chi connectivity index (χ2v) is 5.70. The van der Waals surface area contributed by atoms with Crippen LogP contribution in [0.15, 0.2) is 48.5 Å². The summed E-state index contributed by atoms with van der Waals surface area (Å²) >= 11 is 0. The lowest BCUT2D eigenvalue weighted by molar-refractivity contribution is 0.0942. The van der Waals surface area contributed by atoms with E-state index in [2.05, 4.69) is 5.32 Å². The number of halogens is 1. The zero-order chi connectivity index (χ0) is 17.5. The number of ether oxygens (including phenoxy) is 1. The molecular formula is C19H23FN2O2. The first kappa shape index (κ1) is 17.9. The molecule has 5 heteroatoms. The fourth-order valence-corrected chi connectivity index (χ4v) is 2.47. The van der Waals surface area contributed by atoms with Gasteiger partial charge in [-0.2, -0.15) is 0 Å². The summed E-state index contributed by atoms with van der Waals surface area (Å²) in [5.41, 5.74) is 1.39. The lowest BCUT2D eigenvalue weighted by Crippen LogP contribution is -2.34. The summed E-state index contributed by atoms with van der Waals surface area (Å²) in [5, 5.41) is 2.91. The second kappa shape index (κ2) is 8.45. The molecule has 1 amide bonds. The molecule has 1 N–H and O–H groups in total. The van der Waals surface area contributed by atoms with E-state index in [-0.39, 0.29) is 17.8 Å². The molecule has 0 fully saturated rings. The largest absolute Gasteiger partial charge is 0.494 e. The summed E-state index contributed by atoms with van der Waals surface area (Å²) in [6, 6.07) is 13.3. The van der Waals surface area contributed by atoms with E-state index in [4.69, 9.17) is 4.74 Å². The van der Waals surface area contributed by atoms with Crippen LogP contribution in [0.5, 0.6) is 5.75 Å². The van der Waals surface area contributed by atoms with Crippen LogP contribution in [0.3, 0.4) is 0 Å². The van der Waals surface area contributed by atoms with Crippen molar-refractivity contribution in [3.05, 3.63) is 65.5 Å². The van der Waals surface area contributed by atoms with Crippen LogP contribution in [0.4, 0.5) is 4.39 Å². The van der Waals surface area contributed by atoms with Gasteiger partial charge in [-0.1, -0.05) is 12.1 Å². The van der Waals surface area contributed by atoms with Crippen molar-refractivity contribution in [2.75, 3.05) is 27.2 Å². The number of hydrogen-bond donors (Lipinski definition) is 1. The topological polar surface area (TPSA) is 41.6 Å². The molecule has 128 valence electrons. The highest BCUT2D eigenvalue weighted by Gasteiger charge is 2.16. The standard InChI is InChI=1S/C19H23FN2O2/c1-4-24-17-10-8-14(9-11-17)19(23)21-13-18(22(2)3)15-6-5-7-16(20)12-15/h5-12,18H,4,13H2,1-3H3,(H,21,23). The van der Waals surface area contributed by atoms with Crippen molar-refractivity contribution in [3.63, 3.8) is 0 Å². The van der Waals surface area contributed by atoms with Crippen LogP contribution in [-0.2, 0) is 0 Å². The molecule has 0 saturated carbocycles. The highest BCUT2D eigenvalue weighted by molar-refractivity contribution is 5.94. The monoisotopic (exact) mass is 330 g/mol. The molecule has 1 atom stereocenters. The summed E-state index contributed by atoms with van der Waals surface area (Å²) < 4.78 is 18.8. The first-order valence-electron chi connectivity index (χ1n) is 7.94. The van der Waals surface area contributed by atoms with E-state index in [1.54, 1.807) is 30.3 Å². The average molecular weight is 330 g/mol. The van der Waals surface area contributed by atoms with E-state index in [0.717, 1.165) is 11.3 Å². The molecule has 0 saturated heterocycles. The molecule has 0 bridgehead atoms. The molecule has 0 radical (unpaired) electrons. The van der Waals surface area contributed by atoms with E-state index >= 15 is 0 Å². The molecule has 2 rings (SSSR count). The van der Waals surface area contributed by atoms with Crippen molar-refractivity contribution in [2.45, 2.75) is 13.0 Å². The molecule has 1 unspecified atom stereocenters. The molecule has 0 heterocycles. The summed E-state index contributed by atoms with van der Waals surface area (Å²) in [4.78, 5) is 14.2. The van der Waals surface area contributed by atoms with Gasteiger partial charge in [0.05, 0.1) is 12.6 Å². The van der Waals surface area contributed by atoms with E-state index in [1.807, 2.05) is 32.0 Å². The summed E-state index contributed by atoms with van der Waals surface area (Å²) in [6.07, 6.45) is 0. The molecule has 0 aliphatic heterocycles. The van der Waals surface area contributed by atoms with E-state index < -0.39 is 0 Å². The maximum Gasteiger partial charge on any atom is 0.251 e. The van der Waals surface area contributed by atoms with Gasteiger partial charge < -0.3 is 15.0 Å². The molecule has 24 heavy (non-hydrogen) atoms. The quantitative estimate of drug-likeness (QED) is 0.847. The minimum Gasteiger partial charge on any atom is -0.494 e. The fourth-order valence-electron chi connectivity index (χ4n) is 2.47. The molecule has 0 aliphatic carbocycles. The van der Waals surface area contributed by atoms with Gasteiger partial charge in [-0.15, -0.1) is 0 Å². The Morgan fingerprint density at radius 3 is 2.50 bits per heavy atom. The van der Waals surface area contributed by atoms with Crippen LogP contribution in [0.25, 0.3) is 0 Å². The lowest BCUT2D eigenvalue weighted by atomic mass is 10.1. The van der Waals surface area contributed by atoms with Gasteiger partial charge in [0.25, 0.3) is 5.91 Å². The normalized spacial score (nSPS) is 12.0. The van der Waals surface area contributed by atoms with Gasteiger partial charge in [-0.05, 0) is 63.0 Å². The van der Waals surface area contributed by atoms with Crippen LogP contribution < -0.4 is 10.1 Å². The maximum atomic E-state index is 13.4. The van der Waals surface area contributed by atoms with Crippen molar-refractivity contribution in [3.8, 4) is 5.75 Å². The van der Waals surface area contributed by atoms with Crippen LogP contribution in [-0.4, -0.2) is 38.1 Å². The summed E-state index contributed by atoms with van der Waals surface area (Å²) in [7, 11) is 3.80. The van der Waals surface area contributed by atoms with Gasteiger partial charge in [-0.3, -0.25) is 4.79 Å². The first-order chi connectivity index (χ1) is 11.5. The van der Waals surface area contributed by atoms with E-state index in [0.29, 0.717) is 18.7 Å². The number of amides is 1. The van der Waals surface area contributed by atoms with Gasteiger partial charge in [0.2, 0.25) is 0 Å². The van der Waals surface area contributed by atoms with Crippen molar-refractivity contribution < 1.29 is 13.9 Å². The minimum absolute atomic E-state index is 0.104. The zero-order valence-electron chi connectivity index (χ0n) is 14.3. The zero-order valence-corrected chi connectivity index (χ0v) is 14.3. The van der Waals surface area contributed by atoms with Gasteiger partial charge >= 0.3 is 0 Å². The Morgan fingerprint density at radius 2 is 1.92 bits per heavy atom. The predicted octanol–water partition coefficient (Wildman–Crippen LogP) is 3.26. The molecule has 0 spiro atoms. The number of carbonyl (C=O) groups is 1. The first-order valence-corrected chi connectivity index (χ1v) is 7.94. The second-order valence-electron chi connectivity index (χ2n) is 5.70.